The molecule has 2 aromatic rings. The van der Waals surface area contributed by atoms with Gasteiger partial charge in [-0.05, 0) is 11.6 Å². The van der Waals surface area contributed by atoms with Crippen LogP contribution in [0.1, 0.15) is 22.3 Å². The average Bonchev–Trinajstić information content (AvgIpc) is 2.77. The summed E-state index contributed by atoms with van der Waals surface area (Å²) < 4.78 is 0. The highest BCUT2D eigenvalue weighted by molar-refractivity contribution is 7.09. The molecule has 0 aliphatic rings. The molecule has 1 atom stereocenters. The van der Waals surface area contributed by atoms with Gasteiger partial charge in [-0.1, -0.05) is 6.07 Å². The Morgan fingerprint density at radius 1 is 1.59 bits per heavy atom. The quantitative estimate of drug-likeness (QED) is 0.850. The first-order chi connectivity index (χ1) is 8.16. The Hall–Kier alpha value is -1.79. The van der Waals surface area contributed by atoms with Gasteiger partial charge in [0, 0.05) is 24.2 Å². The summed E-state index contributed by atoms with van der Waals surface area (Å²) in [6.45, 7) is 0. The molecule has 0 spiro atoms. The van der Waals surface area contributed by atoms with Crippen LogP contribution in [0.4, 0.5) is 0 Å². The number of carbonyl (C=O) groups is 1. The maximum absolute atomic E-state index is 10.7. The topological polar surface area (TPSA) is 89.1 Å². The fraction of sp³-hybridized carbons (Fsp3) is 0.182. The van der Waals surface area contributed by atoms with Gasteiger partial charge in [0.2, 0.25) is 0 Å². The van der Waals surface area contributed by atoms with Crippen molar-refractivity contribution in [2.45, 2.75) is 12.5 Å². The highest BCUT2D eigenvalue weighted by Crippen LogP contribution is 2.18. The fourth-order valence-electron chi connectivity index (χ4n) is 1.35. The third-order valence-electron chi connectivity index (χ3n) is 2.23. The molecule has 0 bridgehead atoms. The molecule has 2 rings (SSSR count). The highest BCUT2D eigenvalue weighted by atomic mass is 32.1. The predicted molar refractivity (Wildman–Crippen MR) is 63.7 cm³/mol. The van der Waals surface area contributed by atoms with E-state index in [2.05, 4.69) is 9.97 Å². The van der Waals surface area contributed by atoms with Crippen molar-refractivity contribution in [1.82, 2.24) is 9.97 Å². The molecule has 5 nitrogen and oxygen atoms in total. The van der Waals surface area contributed by atoms with Crippen LogP contribution in [-0.4, -0.2) is 21.0 Å². The smallest absolute Gasteiger partial charge is 0.326 e. The van der Waals surface area contributed by atoms with Gasteiger partial charge in [-0.15, -0.1) is 11.3 Å². The predicted octanol–water partition coefficient (Wildman–Crippen LogP) is 1.21. The number of nitrogens with two attached hydrogens (primary N) is 1. The van der Waals surface area contributed by atoms with Crippen molar-refractivity contribution in [3.8, 4) is 0 Å². The van der Waals surface area contributed by atoms with Crippen molar-refractivity contribution in [2.24, 2.45) is 5.73 Å². The van der Waals surface area contributed by atoms with Gasteiger partial charge in [0.05, 0.1) is 10.7 Å². The number of nitrogens with zero attached hydrogens (tertiary/aromatic N) is 2. The van der Waals surface area contributed by atoms with Gasteiger partial charge in [-0.3, -0.25) is 9.78 Å². The SMILES string of the molecule is NC(C(=O)O)c1csc(Cc2cccnc2)n1. The summed E-state index contributed by atoms with van der Waals surface area (Å²) in [4.78, 5) is 18.9. The Bertz CT molecular complexity index is 512. The monoisotopic (exact) mass is 249 g/mol. The minimum absolute atomic E-state index is 0.404. The second-order valence-corrected chi connectivity index (χ2v) is 4.46. The number of hydrogen-bond acceptors (Lipinski definition) is 5. The molecule has 0 saturated carbocycles. The molecule has 2 aromatic heterocycles. The van der Waals surface area contributed by atoms with E-state index in [4.69, 9.17) is 10.8 Å². The van der Waals surface area contributed by atoms with Crippen LogP contribution in [0.25, 0.3) is 0 Å². The highest BCUT2D eigenvalue weighted by Gasteiger charge is 2.17. The number of aromatic nitrogens is 2. The van der Waals surface area contributed by atoms with Gasteiger partial charge in [0.1, 0.15) is 6.04 Å². The maximum Gasteiger partial charge on any atom is 0.326 e. The van der Waals surface area contributed by atoms with E-state index >= 15 is 0 Å². The van der Waals surface area contributed by atoms with Crippen LogP contribution in [0.2, 0.25) is 0 Å². The summed E-state index contributed by atoms with van der Waals surface area (Å²) in [6.07, 6.45) is 4.11. The fourth-order valence-corrected chi connectivity index (χ4v) is 2.22. The Labute approximate surface area is 102 Å². The molecular weight excluding hydrogens is 238 g/mol. The van der Waals surface area contributed by atoms with Crippen LogP contribution >= 0.6 is 11.3 Å². The number of carboxylic acid groups (broad SMARTS) is 1. The molecule has 0 aliphatic carbocycles. The van der Waals surface area contributed by atoms with Crippen LogP contribution < -0.4 is 5.73 Å². The standard InChI is InChI=1S/C11H11N3O2S/c12-10(11(15)16)8-6-17-9(14-8)4-7-2-1-3-13-5-7/h1-3,5-6,10H,4,12H2,(H,15,16). The van der Waals surface area contributed by atoms with E-state index < -0.39 is 12.0 Å². The van der Waals surface area contributed by atoms with E-state index in [9.17, 15) is 4.79 Å². The lowest BCUT2D eigenvalue weighted by Gasteiger charge is -2.00. The number of carboxylic acids is 1. The summed E-state index contributed by atoms with van der Waals surface area (Å²) >= 11 is 1.41. The Balaban J connectivity index is 2.11. The molecule has 3 N–H and O–H groups in total. The van der Waals surface area contributed by atoms with Crippen molar-refractivity contribution < 1.29 is 9.90 Å². The first-order valence-corrected chi connectivity index (χ1v) is 5.86. The first kappa shape index (κ1) is 11.7. The van der Waals surface area contributed by atoms with Crippen molar-refractivity contribution in [1.29, 1.82) is 0 Å². The second kappa shape index (κ2) is 5.03. The zero-order valence-electron chi connectivity index (χ0n) is 8.91. The molecule has 0 amide bonds. The molecule has 0 aromatic carbocycles. The van der Waals surface area contributed by atoms with Crippen molar-refractivity contribution in [2.75, 3.05) is 0 Å². The van der Waals surface area contributed by atoms with Crippen molar-refractivity contribution in [3.05, 3.63) is 46.2 Å². The molecule has 0 saturated heterocycles. The van der Waals surface area contributed by atoms with Gasteiger partial charge in [0.25, 0.3) is 0 Å². The number of aliphatic carboxylic acids is 1. The zero-order chi connectivity index (χ0) is 12.3. The molecule has 17 heavy (non-hydrogen) atoms. The minimum atomic E-state index is -1.07. The van der Waals surface area contributed by atoms with Crippen molar-refractivity contribution >= 4 is 17.3 Å². The molecule has 2 heterocycles. The number of rotatable bonds is 4. The minimum Gasteiger partial charge on any atom is -0.480 e. The third-order valence-corrected chi connectivity index (χ3v) is 3.10. The Kier molecular flexibility index (Phi) is 3.46. The number of hydrogen-bond donors (Lipinski definition) is 2. The van der Waals surface area contributed by atoms with E-state index in [0.717, 1.165) is 10.6 Å². The summed E-state index contributed by atoms with van der Waals surface area (Å²) in [6, 6.07) is 2.76. The molecule has 0 fully saturated rings. The number of thiazole rings is 1. The van der Waals surface area contributed by atoms with Crippen molar-refractivity contribution in [3.63, 3.8) is 0 Å². The molecule has 88 valence electrons. The van der Waals surface area contributed by atoms with Gasteiger partial charge >= 0.3 is 5.97 Å². The van der Waals surface area contributed by atoms with E-state index in [0.29, 0.717) is 12.1 Å². The van der Waals surface area contributed by atoms with Crippen LogP contribution in [0.5, 0.6) is 0 Å². The molecular formula is C11H11N3O2S. The van der Waals surface area contributed by atoms with Crippen LogP contribution in [0.15, 0.2) is 29.9 Å². The number of pyridine rings is 1. The van der Waals surface area contributed by atoms with E-state index in [-0.39, 0.29) is 0 Å². The normalized spacial score (nSPS) is 12.3. The van der Waals surface area contributed by atoms with E-state index in [1.165, 1.54) is 11.3 Å². The maximum atomic E-state index is 10.7. The second-order valence-electron chi connectivity index (χ2n) is 3.52. The molecule has 0 radical (unpaired) electrons. The average molecular weight is 249 g/mol. The summed E-state index contributed by atoms with van der Waals surface area (Å²) in [5.74, 6) is -1.07. The van der Waals surface area contributed by atoms with E-state index in [1.54, 1.807) is 17.8 Å². The van der Waals surface area contributed by atoms with Crippen LogP contribution in [0.3, 0.4) is 0 Å². The summed E-state index contributed by atoms with van der Waals surface area (Å²) in [5, 5.41) is 11.3. The first-order valence-electron chi connectivity index (χ1n) is 4.98. The van der Waals surface area contributed by atoms with Gasteiger partial charge in [-0.2, -0.15) is 0 Å². The lowest BCUT2D eigenvalue weighted by atomic mass is 10.2. The molecule has 0 aliphatic heterocycles. The summed E-state index contributed by atoms with van der Waals surface area (Å²) in [5.41, 5.74) is 6.92. The summed E-state index contributed by atoms with van der Waals surface area (Å²) in [7, 11) is 0. The van der Waals surface area contributed by atoms with Gasteiger partial charge < -0.3 is 10.8 Å². The van der Waals surface area contributed by atoms with Crippen LogP contribution in [0, 0.1) is 0 Å². The van der Waals surface area contributed by atoms with Gasteiger partial charge in [0.15, 0.2) is 0 Å². The lowest BCUT2D eigenvalue weighted by Crippen LogP contribution is -2.20. The molecule has 1 unspecified atom stereocenters. The van der Waals surface area contributed by atoms with Crippen LogP contribution in [-0.2, 0) is 11.2 Å². The lowest BCUT2D eigenvalue weighted by molar-refractivity contribution is -0.138. The molecule has 6 heteroatoms. The van der Waals surface area contributed by atoms with E-state index in [1.807, 2.05) is 12.1 Å². The Morgan fingerprint density at radius 3 is 3.06 bits per heavy atom. The van der Waals surface area contributed by atoms with Gasteiger partial charge in [-0.25, -0.2) is 4.98 Å². The third kappa shape index (κ3) is 2.86. The zero-order valence-corrected chi connectivity index (χ0v) is 9.72. The Morgan fingerprint density at radius 2 is 2.41 bits per heavy atom. The largest absolute Gasteiger partial charge is 0.480 e.